The van der Waals surface area contributed by atoms with Crippen LogP contribution in [0.4, 0.5) is 5.82 Å². The van der Waals surface area contributed by atoms with Crippen molar-refractivity contribution in [2.24, 2.45) is 5.41 Å². The van der Waals surface area contributed by atoms with E-state index in [0.717, 1.165) is 54.8 Å². The second kappa shape index (κ2) is 6.67. The van der Waals surface area contributed by atoms with Crippen molar-refractivity contribution < 1.29 is 9.90 Å². The third kappa shape index (κ3) is 3.36. The molecule has 132 valence electrons. The first-order valence-corrected chi connectivity index (χ1v) is 8.79. The number of aromatic nitrogens is 2. The fraction of sp³-hybridized carbons (Fsp3) is 0.474. The van der Waals surface area contributed by atoms with E-state index in [0.29, 0.717) is 0 Å². The van der Waals surface area contributed by atoms with Crippen molar-refractivity contribution in [2.45, 2.75) is 39.8 Å². The van der Waals surface area contributed by atoms with Crippen LogP contribution in [-0.2, 0) is 26.0 Å². The van der Waals surface area contributed by atoms with Crippen LogP contribution in [-0.4, -0.2) is 42.4 Å². The molecule has 0 fully saturated rings. The number of fused-ring (bicyclic) bond motifs is 1. The van der Waals surface area contributed by atoms with Gasteiger partial charge < -0.3 is 14.6 Å². The molecule has 2 aromatic rings. The van der Waals surface area contributed by atoms with Crippen molar-refractivity contribution in [2.75, 3.05) is 18.5 Å². The number of carbonyl (C=O) groups excluding carboxylic acids is 1. The molecule has 1 N–H and O–H groups in total. The smallest absolute Gasteiger partial charge is 0.166 e. The molecular formula is C19H26BN3O2. The molecule has 5 nitrogen and oxygen atoms in total. The fourth-order valence-electron chi connectivity index (χ4n) is 3.88. The Morgan fingerprint density at radius 1 is 1.44 bits per heavy atom. The Bertz CT molecular complexity index is 798. The highest BCUT2D eigenvalue weighted by molar-refractivity contribution is 6.33. The maximum atomic E-state index is 11.5. The number of rotatable bonds is 6. The minimum Gasteiger partial charge on any atom is -0.392 e. The van der Waals surface area contributed by atoms with E-state index in [1.54, 1.807) is 6.20 Å². The maximum Gasteiger partial charge on any atom is 0.166 e. The number of aldehydes is 1. The molecule has 0 atom stereocenters. The van der Waals surface area contributed by atoms with Crippen molar-refractivity contribution in [1.29, 1.82) is 0 Å². The summed E-state index contributed by atoms with van der Waals surface area (Å²) in [5, 5.41) is 9.65. The average molecular weight is 339 g/mol. The lowest BCUT2D eigenvalue weighted by Gasteiger charge is -2.23. The van der Waals surface area contributed by atoms with E-state index in [1.807, 2.05) is 27.0 Å². The van der Waals surface area contributed by atoms with E-state index in [2.05, 4.69) is 28.3 Å². The van der Waals surface area contributed by atoms with Crippen LogP contribution in [0.2, 0.25) is 0 Å². The molecule has 2 aromatic heterocycles. The Morgan fingerprint density at radius 2 is 2.20 bits per heavy atom. The van der Waals surface area contributed by atoms with Gasteiger partial charge in [0.25, 0.3) is 0 Å². The molecule has 0 saturated carbocycles. The summed E-state index contributed by atoms with van der Waals surface area (Å²) < 4.78 is 2.15. The Labute approximate surface area is 150 Å². The normalized spacial score (nSPS) is 15.2. The lowest BCUT2D eigenvalue weighted by Crippen LogP contribution is -2.28. The van der Waals surface area contributed by atoms with Crippen LogP contribution in [0.3, 0.4) is 0 Å². The van der Waals surface area contributed by atoms with E-state index in [9.17, 15) is 9.90 Å². The Morgan fingerprint density at radius 3 is 2.88 bits per heavy atom. The quantitative estimate of drug-likeness (QED) is 0.622. The van der Waals surface area contributed by atoms with E-state index in [-0.39, 0.29) is 12.0 Å². The van der Waals surface area contributed by atoms with Crippen LogP contribution in [0.25, 0.3) is 0 Å². The van der Waals surface area contributed by atoms with Crippen molar-refractivity contribution in [3.8, 4) is 0 Å². The van der Waals surface area contributed by atoms with Crippen LogP contribution in [0.1, 0.15) is 41.2 Å². The topological polar surface area (TPSA) is 58.4 Å². The summed E-state index contributed by atoms with van der Waals surface area (Å²) in [6, 6.07) is 3.95. The molecule has 0 radical (unpaired) electrons. The molecule has 0 aromatic carbocycles. The summed E-state index contributed by atoms with van der Waals surface area (Å²) in [6.07, 6.45) is 4.76. The van der Waals surface area contributed by atoms with Gasteiger partial charge in [-0.05, 0) is 36.0 Å². The van der Waals surface area contributed by atoms with Gasteiger partial charge in [-0.1, -0.05) is 19.3 Å². The largest absolute Gasteiger partial charge is 0.392 e. The SMILES string of the molecule is Bc1ccnc(N(C)CCn2c(C=O)cc3c2CC(C)(C)C3)c1CO. The summed E-state index contributed by atoms with van der Waals surface area (Å²) in [5.41, 5.74) is 5.52. The first kappa shape index (κ1) is 17.7. The van der Waals surface area contributed by atoms with Gasteiger partial charge in [-0.3, -0.25) is 4.79 Å². The zero-order valence-electron chi connectivity index (χ0n) is 15.5. The van der Waals surface area contributed by atoms with Gasteiger partial charge in [0.15, 0.2) is 6.29 Å². The lowest BCUT2D eigenvalue weighted by atomic mass is 9.90. The van der Waals surface area contributed by atoms with Crippen molar-refractivity contribution in [3.63, 3.8) is 0 Å². The number of hydrogen-bond acceptors (Lipinski definition) is 4. The van der Waals surface area contributed by atoms with Crippen molar-refractivity contribution in [3.05, 3.63) is 40.8 Å². The lowest BCUT2D eigenvalue weighted by molar-refractivity contribution is 0.111. The van der Waals surface area contributed by atoms with Crippen LogP contribution in [0.5, 0.6) is 0 Å². The second-order valence-electron chi connectivity index (χ2n) is 7.84. The number of pyridine rings is 1. The molecule has 0 amide bonds. The monoisotopic (exact) mass is 339 g/mol. The summed E-state index contributed by atoms with van der Waals surface area (Å²) in [6.45, 7) is 5.98. The highest BCUT2D eigenvalue weighted by atomic mass is 16.3. The van der Waals surface area contributed by atoms with E-state index >= 15 is 0 Å². The summed E-state index contributed by atoms with van der Waals surface area (Å²) in [5.74, 6) is 0.805. The fourth-order valence-corrected chi connectivity index (χ4v) is 3.88. The van der Waals surface area contributed by atoms with Gasteiger partial charge in [-0.25, -0.2) is 4.98 Å². The van der Waals surface area contributed by atoms with Gasteiger partial charge >= 0.3 is 0 Å². The molecule has 2 heterocycles. The number of aliphatic hydroxyl groups is 1. The van der Waals surface area contributed by atoms with Gasteiger partial charge in [0.2, 0.25) is 0 Å². The molecule has 0 aliphatic heterocycles. The molecule has 3 rings (SSSR count). The van der Waals surface area contributed by atoms with Crippen LogP contribution in [0, 0.1) is 5.41 Å². The molecule has 1 aliphatic rings. The average Bonchev–Trinajstić information content (AvgIpc) is 3.03. The molecule has 1 aliphatic carbocycles. The number of likely N-dealkylation sites (N-methyl/N-ethyl adjacent to an activating group) is 1. The summed E-state index contributed by atoms with van der Waals surface area (Å²) >= 11 is 0. The summed E-state index contributed by atoms with van der Waals surface area (Å²) in [4.78, 5) is 18.0. The van der Waals surface area contributed by atoms with Crippen LogP contribution in [0.15, 0.2) is 18.3 Å². The predicted molar refractivity (Wildman–Crippen MR) is 103 cm³/mol. The molecule has 0 unspecified atom stereocenters. The molecular weight excluding hydrogens is 313 g/mol. The number of nitrogens with zero attached hydrogens (tertiary/aromatic N) is 3. The first-order valence-electron chi connectivity index (χ1n) is 8.79. The highest BCUT2D eigenvalue weighted by Crippen LogP contribution is 2.37. The third-order valence-corrected chi connectivity index (χ3v) is 5.21. The molecule has 25 heavy (non-hydrogen) atoms. The van der Waals surface area contributed by atoms with Crippen molar-refractivity contribution in [1.82, 2.24) is 9.55 Å². The van der Waals surface area contributed by atoms with Gasteiger partial charge in [-0.2, -0.15) is 0 Å². The summed E-state index contributed by atoms with van der Waals surface area (Å²) in [7, 11) is 3.96. The highest BCUT2D eigenvalue weighted by Gasteiger charge is 2.32. The zero-order valence-corrected chi connectivity index (χ0v) is 15.5. The number of aliphatic hydroxyl groups excluding tert-OH is 1. The van der Waals surface area contributed by atoms with Gasteiger partial charge in [0.1, 0.15) is 13.7 Å². The Balaban J connectivity index is 1.81. The third-order valence-electron chi connectivity index (χ3n) is 5.21. The van der Waals surface area contributed by atoms with E-state index in [1.165, 1.54) is 11.3 Å². The molecule has 6 heteroatoms. The minimum atomic E-state index is -0.0218. The zero-order chi connectivity index (χ0) is 18.2. The van der Waals surface area contributed by atoms with Crippen molar-refractivity contribution >= 4 is 25.4 Å². The number of carbonyl (C=O) groups is 1. The predicted octanol–water partition coefficient (Wildman–Crippen LogP) is 0.707. The van der Waals surface area contributed by atoms with Crippen LogP contribution < -0.4 is 10.4 Å². The Kier molecular flexibility index (Phi) is 4.74. The van der Waals surface area contributed by atoms with Crippen LogP contribution >= 0.6 is 0 Å². The maximum absolute atomic E-state index is 11.5. The Hall–Kier alpha value is -2.08. The van der Waals surface area contributed by atoms with Gasteiger partial charge in [-0.15, -0.1) is 0 Å². The molecule has 0 bridgehead atoms. The molecule has 0 spiro atoms. The van der Waals surface area contributed by atoms with Gasteiger partial charge in [0, 0.05) is 37.6 Å². The minimum absolute atomic E-state index is 0.0218. The first-order chi connectivity index (χ1) is 11.9. The standard InChI is InChI=1S/C19H26BN3O2/c1-19(2)9-13-8-14(11-24)23(17(13)10-19)7-6-22(3)18-15(12-25)16(20)4-5-21-18/h4-5,8,11,25H,6-7,9-10,12,20H2,1-3H3. The van der Waals surface area contributed by atoms with E-state index in [4.69, 9.17) is 0 Å². The van der Waals surface area contributed by atoms with Gasteiger partial charge in [0.05, 0.1) is 12.3 Å². The number of anilines is 1. The number of hydrogen-bond donors (Lipinski definition) is 1. The molecule has 0 saturated heterocycles. The second-order valence-corrected chi connectivity index (χ2v) is 7.84. The van der Waals surface area contributed by atoms with E-state index < -0.39 is 0 Å².